The number of carbonyl (C=O) groups excluding carboxylic acids is 1. The smallest absolute Gasteiger partial charge is 0.224 e. The van der Waals surface area contributed by atoms with Crippen molar-refractivity contribution in [3.63, 3.8) is 0 Å². The maximum atomic E-state index is 11.9. The lowest BCUT2D eigenvalue weighted by molar-refractivity contribution is -0.116. The summed E-state index contributed by atoms with van der Waals surface area (Å²) in [6.07, 6.45) is 3.75. The van der Waals surface area contributed by atoms with E-state index < -0.39 is 0 Å². The number of halogens is 1. The van der Waals surface area contributed by atoms with Crippen molar-refractivity contribution < 1.29 is 4.79 Å². The minimum absolute atomic E-state index is 0.00950. The summed E-state index contributed by atoms with van der Waals surface area (Å²) in [6.45, 7) is 0. The number of aromatic nitrogens is 3. The highest BCUT2D eigenvalue weighted by Gasteiger charge is 2.11. The maximum Gasteiger partial charge on any atom is 0.224 e. The first kappa shape index (κ1) is 14.5. The molecule has 6 heteroatoms. The molecule has 1 N–H and O–H groups in total. The molecule has 0 aliphatic heterocycles. The van der Waals surface area contributed by atoms with Crippen molar-refractivity contribution in [2.24, 2.45) is 7.05 Å². The highest BCUT2D eigenvalue weighted by molar-refractivity contribution is 6.17. The largest absolute Gasteiger partial charge is 0.325 e. The van der Waals surface area contributed by atoms with E-state index in [0.29, 0.717) is 12.3 Å². The van der Waals surface area contributed by atoms with E-state index in [2.05, 4.69) is 15.5 Å². The van der Waals surface area contributed by atoms with E-state index in [9.17, 15) is 4.79 Å². The van der Waals surface area contributed by atoms with Crippen molar-refractivity contribution in [2.75, 3.05) is 11.2 Å². The number of hydrogen-bond donors (Lipinski definition) is 1. The topological polar surface area (TPSA) is 59.8 Å². The number of amides is 1. The summed E-state index contributed by atoms with van der Waals surface area (Å²) in [4.78, 5) is 11.9. The van der Waals surface area contributed by atoms with Gasteiger partial charge in [-0.05, 0) is 25.0 Å². The normalized spacial score (nSPS) is 10.5. The number of aryl methyl sites for hydroxylation is 1. The number of benzene rings is 1. The summed E-state index contributed by atoms with van der Waals surface area (Å²) >= 11 is 5.61. The molecule has 0 unspecified atom stereocenters. The maximum absolute atomic E-state index is 11.9. The zero-order valence-electron chi connectivity index (χ0n) is 11.3. The van der Waals surface area contributed by atoms with Crippen LogP contribution in [-0.2, 0) is 11.8 Å². The van der Waals surface area contributed by atoms with E-state index in [1.807, 2.05) is 35.9 Å². The molecule has 2 rings (SSSR count). The zero-order chi connectivity index (χ0) is 14.4. The first-order chi connectivity index (χ1) is 9.72. The van der Waals surface area contributed by atoms with Crippen LogP contribution >= 0.6 is 11.6 Å². The molecule has 0 atom stereocenters. The van der Waals surface area contributed by atoms with Gasteiger partial charge >= 0.3 is 0 Å². The van der Waals surface area contributed by atoms with Gasteiger partial charge in [0.05, 0.1) is 5.69 Å². The molecule has 1 aromatic carbocycles. The fraction of sp³-hybridized carbons (Fsp3) is 0.357. The fourth-order valence-electron chi connectivity index (χ4n) is 1.91. The number of rotatable bonds is 6. The Bertz CT molecular complexity index is 582. The van der Waals surface area contributed by atoms with Crippen molar-refractivity contribution in [1.82, 2.24) is 14.8 Å². The number of nitrogens with zero attached hydrogens (tertiary/aromatic N) is 3. The van der Waals surface area contributed by atoms with Crippen molar-refractivity contribution in [2.45, 2.75) is 19.3 Å². The monoisotopic (exact) mass is 292 g/mol. The van der Waals surface area contributed by atoms with Crippen LogP contribution in [0.3, 0.4) is 0 Å². The number of carbonyl (C=O) groups is 1. The number of alkyl halides is 1. The molecule has 0 fully saturated rings. The highest BCUT2D eigenvalue weighted by atomic mass is 35.5. The molecule has 0 aliphatic rings. The minimum atomic E-state index is -0.00950. The molecule has 0 aliphatic carbocycles. The third-order valence-electron chi connectivity index (χ3n) is 2.94. The summed E-state index contributed by atoms with van der Waals surface area (Å²) in [5, 5.41) is 10.9. The molecule has 0 saturated carbocycles. The molecule has 1 amide bonds. The lowest BCUT2D eigenvalue weighted by Gasteiger charge is -2.10. The molecular weight excluding hydrogens is 276 g/mol. The molecule has 5 nitrogen and oxygen atoms in total. The van der Waals surface area contributed by atoms with Gasteiger partial charge in [-0.1, -0.05) is 12.1 Å². The van der Waals surface area contributed by atoms with Crippen molar-refractivity contribution in [1.29, 1.82) is 0 Å². The average molecular weight is 293 g/mol. The molecule has 1 aromatic heterocycles. The second kappa shape index (κ2) is 7.05. The number of unbranched alkanes of at least 4 members (excludes halogenated alkanes) is 1. The van der Waals surface area contributed by atoms with Crippen LogP contribution in [0.1, 0.15) is 19.3 Å². The number of nitrogens with one attached hydrogen (secondary N) is 1. The summed E-state index contributed by atoms with van der Waals surface area (Å²) in [5.41, 5.74) is 1.61. The Morgan fingerprint density at radius 2 is 2.15 bits per heavy atom. The Morgan fingerprint density at radius 1 is 1.35 bits per heavy atom. The van der Waals surface area contributed by atoms with Gasteiger partial charge in [0.25, 0.3) is 0 Å². The summed E-state index contributed by atoms with van der Waals surface area (Å²) in [7, 11) is 1.87. The van der Waals surface area contributed by atoms with Gasteiger partial charge in [-0.15, -0.1) is 21.8 Å². The summed E-state index contributed by atoms with van der Waals surface area (Å²) in [5.74, 6) is 1.30. The second-order valence-corrected chi connectivity index (χ2v) is 4.88. The Balaban J connectivity index is 2.13. The molecule has 1 heterocycles. The van der Waals surface area contributed by atoms with Gasteiger partial charge in [-0.2, -0.15) is 0 Å². The first-order valence-electron chi connectivity index (χ1n) is 6.51. The van der Waals surface area contributed by atoms with Gasteiger partial charge in [0.2, 0.25) is 5.91 Å². The lowest BCUT2D eigenvalue weighted by Crippen LogP contribution is -2.12. The van der Waals surface area contributed by atoms with Crippen LogP contribution in [0.5, 0.6) is 0 Å². The third kappa shape index (κ3) is 3.57. The minimum Gasteiger partial charge on any atom is -0.325 e. The van der Waals surface area contributed by atoms with Gasteiger partial charge in [0.1, 0.15) is 6.33 Å². The van der Waals surface area contributed by atoms with Crippen LogP contribution in [0.2, 0.25) is 0 Å². The van der Waals surface area contributed by atoms with E-state index in [-0.39, 0.29) is 5.91 Å². The predicted octanol–water partition coefficient (Wildman–Crippen LogP) is 2.83. The van der Waals surface area contributed by atoms with Gasteiger partial charge in [-0.3, -0.25) is 4.79 Å². The van der Waals surface area contributed by atoms with E-state index in [0.717, 1.165) is 29.9 Å². The quantitative estimate of drug-likeness (QED) is 0.658. The van der Waals surface area contributed by atoms with Gasteiger partial charge < -0.3 is 9.88 Å². The number of anilines is 1. The molecule has 0 saturated heterocycles. The van der Waals surface area contributed by atoms with Crippen molar-refractivity contribution in [3.8, 4) is 11.4 Å². The molecular formula is C14H17ClN4O. The van der Waals surface area contributed by atoms with Gasteiger partial charge in [-0.25, -0.2) is 0 Å². The average Bonchev–Trinajstić information content (AvgIpc) is 2.86. The summed E-state index contributed by atoms with van der Waals surface area (Å²) < 4.78 is 1.82. The van der Waals surface area contributed by atoms with Crippen LogP contribution in [0.4, 0.5) is 5.69 Å². The Kier molecular flexibility index (Phi) is 5.12. The molecule has 0 spiro atoms. The summed E-state index contributed by atoms with van der Waals surface area (Å²) in [6, 6.07) is 7.57. The Labute approximate surface area is 123 Å². The highest BCUT2D eigenvalue weighted by Crippen LogP contribution is 2.25. The predicted molar refractivity (Wildman–Crippen MR) is 79.6 cm³/mol. The Morgan fingerprint density at radius 3 is 2.85 bits per heavy atom. The molecule has 0 radical (unpaired) electrons. The molecule has 106 valence electrons. The third-order valence-corrected chi connectivity index (χ3v) is 3.21. The standard InChI is InChI=1S/C14H17ClN4O/c1-19-10-16-18-14(19)11-6-2-3-7-12(11)17-13(20)8-4-5-9-15/h2-3,6-7,10H,4-5,8-9H2,1H3,(H,17,20). The number of para-hydroxylation sites is 1. The van der Waals surface area contributed by atoms with Crippen LogP contribution in [0.25, 0.3) is 11.4 Å². The van der Waals surface area contributed by atoms with Gasteiger partial charge in [0, 0.05) is 24.9 Å². The van der Waals surface area contributed by atoms with Crippen molar-refractivity contribution in [3.05, 3.63) is 30.6 Å². The van der Waals surface area contributed by atoms with Crippen molar-refractivity contribution >= 4 is 23.2 Å². The zero-order valence-corrected chi connectivity index (χ0v) is 12.1. The van der Waals surface area contributed by atoms with E-state index in [1.165, 1.54) is 0 Å². The van der Waals surface area contributed by atoms with E-state index in [4.69, 9.17) is 11.6 Å². The van der Waals surface area contributed by atoms with Crippen LogP contribution in [0.15, 0.2) is 30.6 Å². The van der Waals surface area contributed by atoms with E-state index >= 15 is 0 Å². The number of hydrogen-bond acceptors (Lipinski definition) is 3. The fourth-order valence-corrected chi connectivity index (χ4v) is 2.10. The molecule has 0 bridgehead atoms. The first-order valence-corrected chi connectivity index (χ1v) is 7.05. The van der Waals surface area contributed by atoms with Gasteiger partial charge in [0.15, 0.2) is 5.82 Å². The van der Waals surface area contributed by atoms with Crippen LogP contribution in [-0.4, -0.2) is 26.6 Å². The lowest BCUT2D eigenvalue weighted by atomic mass is 10.1. The SMILES string of the molecule is Cn1cnnc1-c1ccccc1NC(=O)CCCCCl. The van der Waals surface area contributed by atoms with Crippen LogP contribution < -0.4 is 5.32 Å². The Hall–Kier alpha value is -1.88. The van der Waals surface area contributed by atoms with E-state index in [1.54, 1.807) is 6.33 Å². The van der Waals surface area contributed by atoms with Crippen LogP contribution in [0, 0.1) is 0 Å². The molecule has 2 aromatic rings. The molecule has 20 heavy (non-hydrogen) atoms. The second-order valence-electron chi connectivity index (χ2n) is 4.51.